The van der Waals surface area contributed by atoms with Crippen molar-refractivity contribution in [1.29, 1.82) is 0 Å². The van der Waals surface area contributed by atoms with Crippen molar-refractivity contribution in [3.8, 4) is 5.75 Å². The van der Waals surface area contributed by atoms with Crippen molar-refractivity contribution >= 4 is 11.8 Å². The van der Waals surface area contributed by atoms with Gasteiger partial charge in [0.2, 0.25) is 5.43 Å². The number of halogens is 4. The maximum atomic E-state index is 14.4. The number of carbonyl (C=O) groups is 2. The fourth-order valence-corrected chi connectivity index (χ4v) is 5.56. The number of hydrogen-bond donors (Lipinski definition) is 1. The highest BCUT2D eigenvalue weighted by atomic mass is 19.1. The third kappa shape index (κ3) is 3.94. The summed E-state index contributed by atoms with van der Waals surface area (Å²) in [5.41, 5.74) is -1.79. The first-order valence-electron chi connectivity index (χ1n) is 12.0. The van der Waals surface area contributed by atoms with Crippen LogP contribution in [-0.2, 0) is 13.1 Å². The molecule has 0 radical (unpaired) electrons. The molecule has 2 aliphatic heterocycles. The second-order valence-electron chi connectivity index (χ2n) is 9.53. The van der Waals surface area contributed by atoms with Crippen molar-refractivity contribution in [2.75, 3.05) is 6.61 Å². The lowest BCUT2D eigenvalue weighted by atomic mass is 9.95. The molecule has 5 rings (SSSR count). The summed E-state index contributed by atoms with van der Waals surface area (Å²) in [5.74, 6) is -5.19. The van der Waals surface area contributed by atoms with E-state index in [2.05, 4.69) is 5.32 Å². The molecule has 36 heavy (non-hydrogen) atoms. The number of unbranched alkanes of at least 4 members (excludes halogenated alkanes) is 1. The number of hydrogen-bond acceptors (Lipinski definition) is 4. The van der Waals surface area contributed by atoms with Gasteiger partial charge in [0.25, 0.3) is 11.8 Å². The molecule has 192 valence electrons. The predicted molar refractivity (Wildman–Crippen MR) is 120 cm³/mol. The maximum Gasteiger partial charge on any atom is 0.275 e. The maximum absolute atomic E-state index is 14.4. The summed E-state index contributed by atoms with van der Waals surface area (Å²) >= 11 is 0. The minimum Gasteiger partial charge on any atom is -0.487 e. The first-order valence-corrected chi connectivity index (χ1v) is 12.0. The Morgan fingerprint density at radius 3 is 2.56 bits per heavy atom. The number of benzene rings is 1. The summed E-state index contributed by atoms with van der Waals surface area (Å²) in [4.78, 5) is 41.2. The van der Waals surface area contributed by atoms with Gasteiger partial charge in [-0.2, -0.15) is 0 Å². The molecule has 4 atom stereocenters. The number of amides is 2. The highest BCUT2D eigenvalue weighted by molar-refractivity contribution is 5.99. The number of rotatable bonds is 7. The molecular formula is C25H25F4N3O4. The van der Waals surface area contributed by atoms with Gasteiger partial charge in [-0.1, -0.05) is 13.3 Å². The smallest absolute Gasteiger partial charge is 0.275 e. The lowest BCUT2D eigenvalue weighted by molar-refractivity contribution is 0.0313. The van der Waals surface area contributed by atoms with Gasteiger partial charge >= 0.3 is 0 Å². The molecule has 1 aromatic heterocycles. The summed E-state index contributed by atoms with van der Waals surface area (Å²) in [5, 5.41) is 2.29. The predicted octanol–water partition coefficient (Wildman–Crippen LogP) is 3.33. The van der Waals surface area contributed by atoms with E-state index in [0.717, 1.165) is 6.42 Å². The molecule has 1 aliphatic carbocycles. The normalized spacial score (nSPS) is 24.0. The fraction of sp³-hybridized carbons (Fsp3) is 0.480. The number of pyridine rings is 1. The molecule has 2 fully saturated rings. The minimum atomic E-state index is -1.17. The summed E-state index contributed by atoms with van der Waals surface area (Å²) in [6.07, 6.45) is 2.38. The molecule has 2 bridgehead atoms. The second-order valence-corrected chi connectivity index (χ2v) is 9.53. The van der Waals surface area contributed by atoms with Crippen LogP contribution < -0.4 is 15.5 Å². The van der Waals surface area contributed by atoms with E-state index in [9.17, 15) is 31.9 Å². The molecule has 11 heteroatoms. The Hall–Kier alpha value is -3.37. The largest absolute Gasteiger partial charge is 0.487 e. The van der Waals surface area contributed by atoms with Gasteiger partial charge in [0.1, 0.15) is 29.2 Å². The Bertz CT molecular complexity index is 1270. The number of ether oxygens (including phenoxy) is 1. The van der Waals surface area contributed by atoms with E-state index in [-0.39, 0.29) is 42.1 Å². The van der Waals surface area contributed by atoms with Gasteiger partial charge in [0.05, 0.1) is 18.7 Å². The molecule has 1 aromatic carbocycles. The summed E-state index contributed by atoms with van der Waals surface area (Å²) in [7, 11) is 0. The summed E-state index contributed by atoms with van der Waals surface area (Å²) in [6, 6.07) is 0.189. The molecule has 7 nitrogen and oxygen atoms in total. The van der Waals surface area contributed by atoms with Crippen molar-refractivity contribution in [3.63, 3.8) is 0 Å². The van der Waals surface area contributed by atoms with Crippen molar-refractivity contribution in [1.82, 2.24) is 14.8 Å². The highest BCUT2D eigenvalue weighted by Crippen LogP contribution is 2.47. The SMILES string of the molecule is CCCCOc1c2n(cc(C(=O)NCc3c(F)cc(F)cc3F)c1=O)C[C@@H]1[C@@H]3CC([C@@H](F)C3)N1C2=O. The zero-order valence-electron chi connectivity index (χ0n) is 19.5. The van der Waals surface area contributed by atoms with Crippen LogP contribution in [0.2, 0.25) is 0 Å². The van der Waals surface area contributed by atoms with E-state index < -0.39 is 59.0 Å². The number of fused-ring (bicyclic) bond motifs is 6. The molecule has 3 aliphatic rings. The minimum absolute atomic E-state index is 0.0207. The van der Waals surface area contributed by atoms with Crippen LogP contribution in [0, 0.1) is 23.4 Å². The molecule has 3 heterocycles. The van der Waals surface area contributed by atoms with Gasteiger partial charge in [-0.25, -0.2) is 17.6 Å². The first kappa shape index (κ1) is 24.3. The lowest BCUT2D eigenvalue weighted by Crippen LogP contribution is -2.55. The number of alkyl halides is 1. The standard InChI is InChI=1S/C25H25F4N3O4/c1-2-3-4-36-23-21-25(35)32-19-6-12(5-18(19)29)20(32)11-31(21)10-15(22(23)33)24(34)30-9-14-16(27)7-13(26)8-17(14)28/h7-8,10,12,18-20H,2-6,9,11H2,1H3,(H,30,34)/t12-,18-,19?,20+/m0/s1. The Labute approximate surface area is 204 Å². The van der Waals surface area contributed by atoms with E-state index >= 15 is 0 Å². The van der Waals surface area contributed by atoms with E-state index in [1.165, 1.54) is 15.7 Å². The van der Waals surface area contributed by atoms with E-state index in [1.54, 1.807) is 0 Å². The molecule has 2 amide bonds. The van der Waals surface area contributed by atoms with Crippen molar-refractivity contribution in [2.45, 2.75) is 64.0 Å². The van der Waals surface area contributed by atoms with Crippen molar-refractivity contribution in [2.24, 2.45) is 5.92 Å². The third-order valence-electron chi connectivity index (χ3n) is 7.33. The molecule has 1 N–H and O–H groups in total. The Morgan fingerprint density at radius 2 is 1.86 bits per heavy atom. The number of aromatic nitrogens is 1. The van der Waals surface area contributed by atoms with Gasteiger partial charge < -0.3 is 19.5 Å². The highest BCUT2D eigenvalue weighted by Gasteiger charge is 2.56. The monoisotopic (exact) mass is 507 g/mol. The van der Waals surface area contributed by atoms with Crippen LogP contribution in [0.15, 0.2) is 23.1 Å². The molecule has 2 aromatic rings. The quantitative estimate of drug-likeness (QED) is 0.461. The van der Waals surface area contributed by atoms with Gasteiger partial charge in [0.15, 0.2) is 11.4 Å². The zero-order valence-corrected chi connectivity index (χ0v) is 19.5. The molecule has 0 spiro atoms. The van der Waals surface area contributed by atoms with Gasteiger partial charge in [-0.15, -0.1) is 0 Å². The van der Waals surface area contributed by atoms with Crippen LogP contribution in [0.5, 0.6) is 5.75 Å². The van der Waals surface area contributed by atoms with Gasteiger partial charge in [0, 0.05) is 37.0 Å². The molecular weight excluding hydrogens is 482 g/mol. The number of carbonyl (C=O) groups excluding carboxylic acids is 2. The van der Waals surface area contributed by atoms with Crippen molar-refractivity contribution < 1.29 is 31.9 Å². The second kappa shape index (κ2) is 9.25. The number of nitrogens with one attached hydrogen (secondary N) is 1. The lowest BCUT2D eigenvalue weighted by Gasteiger charge is -2.41. The van der Waals surface area contributed by atoms with Crippen LogP contribution in [-0.4, -0.2) is 46.1 Å². The summed E-state index contributed by atoms with van der Waals surface area (Å²) < 4.78 is 62.8. The number of piperidine rings is 1. The van der Waals surface area contributed by atoms with E-state index in [4.69, 9.17) is 4.74 Å². The Morgan fingerprint density at radius 1 is 1.14 bits per heavy atom. The molecule has 1 saturated heterocycles. The molecule has 1 unspecified atom stereocenters. The van der Waals surface area contributed by atoms with Crippen LogP contribution in [0.25, 0.3) is 0 Å². The average Bonchev–Trinajstić information content (AvgIpc) is 3.37. The fourth-order valence-electron chi connectivity index (χ4n) is 5.56. The van der Waals surface area contributed by atoms with E-state index in [0.29, 0.717) is 31.4 Å². The first-order chi connectivity index (χ1) is 17.2. The van der Waals surface area contributed by atoms with Gasteiger partial charge in [-0.3, -0.25) is 14.4 Å². The van der Waals surface area contributed by atoms with Crippen molar-refractivity contribution in [3.05, 3.63) is 62.8 Å². The number of nitrogens with zero attached hydrogens (tertiary/aromatic N) is 2. The average molecular weight is 507 g/mol. The summed E-state index contributed by atoms with van der Waals surface area (Å²) in [6.45, 7) is 1.69. The topological polar surface area (TPSA) is 80.6 Å². The third-order valence-corrected chi connectivity index (χ3v) is 7.33. The zero-order chi connectivity index (χ0) is 25.7. The molecule has 1 saturated carbocycles. The van der Waals surface area contributed by atoms with Gasteiger partial charge in [-0.05, 0) is 25.2 Å². The van der Waals surface area contributed by atoms with Crippen LogP contribution in [0.3, 0.4) is 0 Å². The van der Waals surface area contributed by atoms with Crippen LogP contribution in [0.4, 0.5) is 17.6 Å². The Kier molecular flexibility index (Phi) is 6.25. The van der Waals surface area contributed by atoms with Crippen LogP contribution in [0.1, 0.15) is 59.0 Å². The Balaban J connectivity index is 1.49. The van der Waals surface area contributed by atoms with Crippen LogP contribution >= 0.6 is 0 Å². The van der Waals surface area contributed by atoms with E-state index in [1.807, 2.05) is 6.92 Å².